The van der Waals surface area contributed by atoms with Gasteiger partial charge in [-0.25, -0.2) is 4.39 Å². The van der Waals surface area contributed by atoms with E-state index < -0.39 is 5.82 Å². The Balaban J connectivity index is 2.16. The van der Waals surface area contributed by atoms with Crippen molar-refractivity contribution in [1.29, 1.82) is 0 Å². The molecular formula is C14H7Cl2FN2O. The quantitative estimate of drug-likeness (QED) is 0.808. The van der Waals surface area contributed by atoms with E-state index in [0.29, 0.717) is 16.4 Å². The molecule has 0 bridgehead atoms. The number of pyridine rings is 1. The van der Waals surface area contributed by atoms with Crippen molar-refractivity contribution in [3.05, 3.63) is 57.6 Å². The molecule has 100 valence electrons. The molecule has 0 spiro atoms. The molecular weight excluding hydrogens is 302 g/mol. The highest BCUT2D eigenvalue weighted by atomic mass is 35.5. The van der Waals surface area contributed by atoms with Gasteiger partial charge >= 0.3 is 0 Å². The van der Waals surface area contributed by atoms with Crippen LogP contribution in [0, 0.1) is 5.82 Å². The molecule has 1 amide bonds. The minimum Gasteiger partial charge on any atom is -0.319 e. The standard InChI is InChI=1S/C14H7Cl2FN2O/c15-9-3-1-2-7(11(9)17)6-8-12-13(19-14(8)20)10(16)4-5-18-12/h1-6H,(H,19,20). The summed E-state index contributed by atoms with van der Waals surface area (Å²) in [5, 5.41) is 3.00. The summed E-state index contributed by atoms with van der Waals surface area (Å²) in [4.78, 5) is 16.1. The number of nitrogens with one attached hydrogen (secondary N) is 1. The highest BCUT2D eigenvalue weighted by molar-refractivity contribution is 6.40. The van der Waals surface area contributed by atoms with Gasteiger partial charge in [0.15, 0.2) is 0 Å². The van der Waals surface area contributed by atoms with Crippen molar-refractivity contribution >= 4 is 46.4 Å². The topological polar surface area (TPSA) is 42.0 Å². The van der Waals surface area contributed by atoms with Crippen molar-refractivity contribution in [2.45, 2.75) is 0 Å². The number of nitrogens with zero attached hydrogens (tertiary/aromatic N) is 1. The summed E-state index contributed by atoms with van der Waals surface area (Å²) in [6.45, 7) is 0. The molecule has 6 heteroatoms. The van der Waals surface area contributed by atoms with Gasteiger partial charge < -0.3 is 5.32 Å². The van der Waals surface area contributed by atoms with Crippen molar-refractivity contribution in [2.75, 3.05) is 5.32 Å². The highest BCUT2D eigenvalue weighted by Crippen LogP contribution is 2.36. The van der Waals surface area contributed by atoms with Crippen LogP contribution in [0.15, 0.2) is 30.5 Å². The summed E-state index contributed by atoms with van der Waals surface area (Å²) >= 11 is 11.7. The summed E-state index contributed by atoms with van der Waals surface area (Å²) in [6, 6.07) is 6.15. The first-order valence-electron chi connectivity index (χ1n) is 5.70. The summed E-state index contributed by atoms with van der Waals surface area (Å²) in [6.07, 6.45) is 2.90. The van der Waals surface area contributed by atoms with E-state index in [-0.39, 0.29) is 22.1 Å². The summed E-state index contributed by atoms with van der Waals surface area (Å²) in [5.41, 5.74) is 1.32. The van der Waals surface area contributed by atoms with E-state index in [1.807, 2.05) is 0 Å². The van der Waals surface area contributed by atoms with Gasteiger partial charge in [-0.1, -0.05) is 35.3 Å². The number of fused-ring (bicyclic) bond motifs is 1. The van der Waals surface area contributed by atoms with Crippen LogP contribution in [-0.4, -0.2) is 10.9 Å². The van der Waals surface area contributed by atoms with E-state index in [0.717, 1.165) is 0 Å². The van der Waals surface area contributed by atoms with Gasteiger partial charge in [0, 0.05) is 11.8 Å². The molecule has 1 aliphatic rings. The maximum absolute atomic E-state index is 13.9. The average molecular weight is 309 g/mol. The Morgan fingerprint density at radius 3 is 2.80 bits per heavy atom. The van der Waals surface area contributed by atoms with E-state index in [2.05, 4.69) is 10.3 Å². The maximum Gasteiger partial charge on any atom is 0.258 e. The van der Waals surface area contributed by atoms with Gasteiger partial charge in [0.2, 0.25) is 0 Å². The molecule has 2 heterocycles. The van der Waals surface area contributed by atoms with Crippen LogP contribution in [-0.2, 0) is 4.79 Å². The first kappa shape index (κ1) is 13.1. The molecule has 0 fully saturated rings. The van der Waals surface area contributed by atoms with Gasteiger partial charge in [-0.3, -0.25) is 9.78 Å². The van der Waals surface area contributed by atoms with E-state index in [1.165, 1.54) is 24.4 Å². The number of halogens is 3. The van der Waals surface area contributed by atoms with Crippen LogP contribution in [0.25, 0.3) is 11.6 Å². The second-order valence-electron chi connectivity index (χ2n) is 4.17. The maximum atomic E-state index is 13.9. The molecule has 1 aromatic heterocycles. The number of aromatic nitrogens is 1. The lowest BCUT2D eigenvalue weighted by Gasteiger charge is -2.01. The fraction of sp³-hybridized carbons (Fsp3) is 0. The predicted molar refractivity (Wildman–Crippen MR) is 77.2 cm³/mol. The largest absolute Gasteiger partial charge is 0.319 e. The van der Waals surface area contributed by atoms with Crippen LogP contribution in [0.1, 0.15) is 11.3 Å². The Morgan fingerprint density at radius 1 is 1.20 bits per heavy atom. The lowest BCUT2D eigenvalue weighted by atomic mass is 10.1. The lowest BCUT2D eigenvalue weighted by molar-refractivity contribution is -0.110. The third-order valence-corrected chi connectivity index (χ3v) is 3.53. The van der Waals surface area contributed by atoms with Crippen LogP contribution < -0.4 is 5.32 Å². The molecule has 0 atom stereocenters. The Bertz CT molecular complexity index is 759. The number of benzene rings is 1. The van der Waals surface area contributed by atoms with Crippen LogP contribution >= 0.6 is 23.2 Å². The fourth-order valence-corrected chi connectivity index (χ4v) is 2.35. The highest BCUT2D eigenvalue weighted by Gasteiger charge is 2.27. The van der Waals surface area contributed by atoms with Gasteiger partial charge in [0.25, 0.3) is 5.91 Å². The molecule has 2 aromatic rings. The lowest BCUT2D eigenvalue weighted by Crippen LogP contribution is -2.04. The third kappa shape index (κ3) is 2.07. The molecule has 1 aliphatic heterocycles. The molecule has 0 radical (unpaired) electrons. The van der Waals surface area contributed by atoms with E-state index in [1.54, 1.807) is 12.1 Å². The summed E-state index contributed by atoms with van der Waals surface area (Å²) in [5.74, 6) is -0.954. The van der Waals surface area contributed by atoms with Crippen LogP contribution in [0.5, 0.6) is 0 Å². The third-order valence-electron chi connectivity index (χ3n) is 2.92. The zero-order valence-corrected chi connectivity index (χ0v) is 11.5. The van der Waals surface area contributed by atoms with Gasteiger partial charge in [0.05, 0.1) is 21.3 Å². The Labute approximate surface area is 124 Å². The van der Waals surface area contributed by atoms with Crippen LogP contribution in [0.2, 0.25) is 10.0 Å². The fourth-order valence-electron chi connectivity index (χ4n) is 1.97. The minimum absolute atomic E-state index is 0.00275. The van der Waals surface area contributed by atoms with Crippen LogP contribution in [0.4, 0.5) is 10.1 Å². The smallest absolute Gasteiger partial charge is 0.258 e. The Kier molecular flexibility index (Phi) is 3.20. The van der Waals surface area contributed by atoms with E-state index in [4.69, 9.17) is 23.2 Å². The Morgan fingerprint density at radius 2 is 2.00 bits per heavy atom. The number of hydrogen-bond donors (Lipinski definition) is 1. The first-order chi connectivity index (χ1) is 9.58. The first-order valence-corrected chi connectivity index (χ1v) is 6.45. The molecule has 0 saturated heterocycles. The number of rotatable bonds is 1. The normalized spacial score (nSPS) is 15.3. The van der Waals surface area contributed by atoms with Crippen molar-refractivity contribution in [3.63, 3.8) is 0 Å². The molecule has 1 aromatic carbocycles. The van der Waals surface area contributed by atoms with E-state index >= 15 is 0 Å². The second kappa shape index (κ2) is 4.89. The molecule has 1 N–H and O–H groups in total. The summed E-state index contributed by atoms with van der Waals surface area (Å²) in [7, 11) is 0. The molecule has 3 nitrogen and oxygen atoms in total. The van der Waals surface area contributed by atoms with Crippen molar-refractivity contribution in [2.24, 2.45) is 0 Å². The minimum atomic E-state index is -0.579. The zero-order valence-electron chi connectivity index (χ0n) is 9.95. The van der Waals surface area contributed by atoms with Gasteiger partial charge in [-0.05, 0) is 18.2 Å². The molecule has 0 unspecified atom stereocenters. The van der Waals surface area contributed by atoms with Crippen molar-refractivity contribution in [1.82, 2.24) is 4.98 Å². The number of hydrogen-bond acceptors (Lipinski definition) is 2. The number of anilines is 1. The van der Waals surface area contributed by atoms with Crippen molar-refractivity contribution in [3.8, 4) is 0 Å². The van der Waals surface area contributed by atoms with Gasteiger partial charge in [0.1, 0.15) is 11.5 Å². The Hall–Kier alpha value is -1.91. The molecule has 0 aliphatic carbocycles. The van der Waals surface area contributed by atoms with Crippen LogP contribution in [0.3, 0.4) is 0 Å². The SMILES string of the molecule is O=C1Nc2c(Cl)ccnc2C1=Cc1cccc(Cl)c1F. The molecule has 0 saturated carbocycles. The molecule has 3 rings (SSSR count). The zero-order chi connectivity index (χ0) is 14.3. The average Bonchev–Trinajstić information content (AvgIpc) is 2.74. The van der Waals surface area contributed by atoms with Gasteiger partial charge in [-0.2, -0.15) is 0 Å². The number of amides is 1. The van der Waals surface area contributed by atoms with E-state index in [9.17, 15) is 9.18 Å². The monoisotopic (exact) mass is 308 g/mol. The van der Waals surface area contributed by atoms with Crippen molar-refractivity contribution < 1.29 is 9.18 Å². The number of carbonyl (C=O) groups is 1. The predicted octanol–water partition coefficient (Wildman–Crippen LogP) is 4.02. The number of carbonyl (C=O) groups excluding carboxylic acids is 1. The summed E-state index contributed by atoms with van der Waals surface area (Å²) < 4.78 is 13.9. The molecule has 20 heavy (non-hydrogen) atoms. The second-order valence-corrected chi connectivity index (χ2v) is 4.99. The van der Waals surface area contributed by atoms with Gasteiger partial charge in [-0.15, -0.1) is 0 Å².